The van der Waals surface area contributed by atoms with Crippen LogP contribution in [0.1, 0.15) is 19.4 Å². The van der Waals surface area contributed by atoms with E-state index in [1.54, 1.807) is 12.1 Å². The summed E-state index contributed by atoms with van der Waals surface area (Å²) in [5.41, 5.74) is 1.00. The minimum atomic E-state index is -0.267. The van der Waals surface area contributed by atoms with Crippen molar-refractivity contribution in [3.63, 3.8) is 0 Å². The number of benzene rings is 1. The highest BCUT2D eigenvalue weighted by Crippen LogP contribution is 2.20. The molecule has 0 saturated carbocycles. The van der Waals surface area contributed by atoms with Crippen molar-refractivity contribution in [2.45, 2.75) is 26.4 Å². The molecule has 19 heavy (non-hydrogen) atoms. The molecule has 0 radical (unpaired) electrons. The summed E-state index contributed by atoms with van der Waals surface area (Å²) in [6.07, 6.45) is 0. The summed E-state index contributed by atoms with van der Waals surface area (Å²) in [6, 6.07) is 5.75. The van der Waals surface area contributed by atoms with Gasteiger partial charge in [-0.2, -0.15) is 0 Å². The van der Waals surface area contributed by atoms with E-state index >= 15 is 0 Å². The second kappa shape index (κ2) is 7.68. The highest BCUT2D eigenvalue weighted by Gasteiger charge is 2.18. The van der Waals surface area contributed by atoms with Crippen molar-refractivity contribution in [1.82, 2.24) is 10.2 Å². The van der Waals surface area contributed by atoms with Gasteiger partial charge in [0.25, 0.3) is 0 Å². The highest BCUT2D eigenvalue weighted by atomic mass is 35.5. The Hall–Kier alpha value is -0.840. The van der Waals surface area contributed by atoms with E-state index in [1.807, 2.05) is 13.0 Å². The summed E-state index contributed by atoms with van der Waals surface area (Å²) < 4.78 is 18.9. The molecule has 108 valence electrons. The first kappa shape index (κ1) is 16.2. The molecule has 1 fully saturated rings. The van der Waals surface area contributed by atoms with Crippen LogP contribution >= 0.6 is 12.4 Å². The zero-order chi connectivity index (χ0) is 13.0. The SMILES string of the molecule is CCOc1ccc(CN2CCNC[C@@H]2C)cc1F.Cl. The van der Waals surface area contributed by atoms with Gasteiger partial charge in [-0.1, -0.05) is 6.07 Å². The van der Waals surface area contributed by atoms with Gasteiger partial charge in [-0.15, -0.1) is 12.4 Å². The minimum absolute atomic E-state index is 0. The second-order valence-corrected chi connectivity index (χ2v) is 4.72. The Morgan fingerprint density at radius 1 is 1.47 bits per heavy atom. The van der Waals surface area contributed by atoms with Gasteiger partial charge in [-0.3, -0.25) is 4.90 Å². The number of ether oxygens (including phenoxy) is 1. The maximum atomic E-state index is 13.7. The molecular formula is C14H22ClFN2O. The molecule has 5 heteroatoms. The first-order valence-corrected chi connectivity index (χ1v) is 6.56. The molecule has 0 aromatic heterocycles. The van der Waals surface area contributed by atoms with Crippen LogP contribution < -0.4 is 10.1 Å². The van der Waals surface area contributed by atoms with E-state index in [-0.39, 0.29) is 18.2 Å². The van der Waals surface area contributed by atoms with Crippen molar-refractivity contribution in [2.24, 2.45) is 0 Å². The lowest BCUT2D eigenvalue weighted by molar-refractivity contribution is 0.165. The van der Waals surface area contributed by atoms with Crippen LogP contribution in [0, 0.1) is 5.82 Å². The molecule has 0 unspecified atom stereocenters. The molecular weight excluding hydrogens is 267 g/mol. The van der Waals surface area contributed by atoms with Crippen molar-refractivity contribution in [2.75, 3.05) is 26.2 Å². The van der Waals surface area contributed by atoms with Crippen molar-refractivity contribution in [1.29, 1.82) is 0 Å². The normalized spacial score (nSPS) is 19.8. The lowest BCUT2D eigenvalue weighted by atomic mass is 10.1. The maximum Gasteiger partial charge on any atom is 0.165 e. The quantitative estimate of drug-likeness (QED) is 0.921. The molecule has 0 aliphatic carbocycles. The number of nitrogens with zero attached hydrogens (tertiary/aromatic N) is 1. The van der Waals surface area contributed by atoms with E-state index in [0.717, 1.165) is 31.7 Å². The van der Waals surface area contributed by atoms with Crippen LogP contribution in [0.15, 0.2) is 18.2 Å². The predicted molar refractivity (Wildman–Crippen MR) is 77.6 cm³/mol. The predicted octanol–water partition coefficient (Wildman–Crippen LogP) is 2.44. The molecule has 1 N–H and O–H groups in total. The third kappa shape index (κ3) is 4.34. The van der Waals surface area contributed by atoms with Crippen LogP contribution in [0.2, 0.25) is 0 Å². The van der Waals surface area contributed by atoms with E-state index < -0.39 is 0 Å². The number of piperazine rings is 1. The standard InChI is InChI=1S/C14H21FN2O.ClH/c1-3-18-14-5-4-12(8-13(14)15)10-17-7-6-16-9-11(17)2;/h4-5,8,11,16H,3,6-7,9-10H2,1-2H3;1H/t11-;/m0./s1. The zero-order valence-electron chi connectivity index (χ0n) is 11.5. The van der Waals surface area contributed by atoms with Gasteiger partial charge in [0.05, 0.1) is 6.61 Å². The Labute approximate surface area is 120 Å². The summed E-state index contributed by atoms with van der Waals surface area (Å²) in [5.74, 6) is 0.0757. The molecule has 1 aliphatic heterocycles. The van der Waals surface area contributed by atoms with Crippen LogP contribution in [0.25, 0.3) is 0 Å². The third-order valence-corrected chi connectivity index (χ3v) is 3.32. The molecule has 1 aromatic carbocycles. The Kier molecular flexibility index (Phi) is 6.55. The Morgan fingerprint density at radius 2 is 2.26 bits per heavy atom. The molecule has 2 rings (SSSR count). The summed E-state index contributed by atoms with van der Waals surface area (Å²) in [5, 5.41) is 3.35. The molecule has 0 spiro atoms. The monoisotopic (exact) mass is 288 g/mol. The fraction of sp³-hybridized carbons (Fsp3) is 0.571. The smallest absolute Gasteiger partial charge is 0.165 e. The molecule has 1 saturated heterocycles. The van der Waals surface area contributed by atoms with E-state index in [0.29, 0.717) is 18.4 Å². The Balaban J connectivity index is 0.00000180. The first-order chi connectivity index (χ1) is 8.70. The summed E-state index contributed by atoms with van der Waals surface area (Å²) >= 11 is 0. The van der Waals surface area contributed by atoms with Gasteiger partial charge in [-0.25, -0.2) is 4.39 Å². The van der Waals surface area contributed by atoms with E-state index in [4.69, 9.17) is 4.74 Å². The highest BCUT2D eigenvalue weighted by molar-refractivity contribution is 5.85. The largest absolute Gasteiger partial charge is 0.491 e. The van der Waals surface area contributed by atoms with Crippen LogP contribution in [0.3, 0.4) is 0 Å². The Bertz CT molecular complexity index is 403. The fourth-order valence-electron chi connectivity index (χ4n) is 2.27. The molecule has 0 amide bonds. The molecule has 1 aliphatic rings. The first-order valence-electron chi connectivity index (χ1n) is 6.56. The molecule has 0 bridgehead atoms. The minimum Gasteiger partial charge on any atom is -0.491 e. The molecule has 3 nitrogen and oxygen atoms in total. The van der Waals surface area contributed by atoms with Gasteiger partial charge >= 0.3 is 0 Å². The number of halogens is 2. The molecule has 1 atom stereocenters. The van der Waals surface area contributed by atoms with Crippen molar-refractivity contribution in [3.8, 4) is 5.75 Å². The van der Waals surface area contributed by atoms with Gasteiger partial charge in [0.2, 0.25) is 0 Å². The van der Waals surface area contributed by atoms with Crippen molar-refractivity contribution in [3.05, 3.63) is 29.6 Å². The van der Waals surface area contributed by atoms with Gasteiger partial charge in [-0.05, 0) is 31.5 Å². The maximum absolute atomic E-state index is 13.7. The van der Waals surface area contributed by atoms with E-state index in [2.05, 4.69) is 17.1 Å². The molecule has 1 heterocycles. The van der Waals surface area contributed by atoms with E-state index in [1.165, 1.54) is 0 Å². The number of hydrogen-bond donors (Lipinski definition) is 1. The van der Waals surface area contributed by atoms with E-state index in [9.17, 15) is 4.39 Å². The van der Waals surface area contributed by atoms with Crippen LogP contribution in [0.4, 0.5) is 4.39 Å². The average molecular weight is 289 g/mol. The molecule has 1 aromatic rings. The van der Waals surface area contributed by atoms with Crippen LogP contribution in [-0.2, 0) is 6.54 Å². The topological polar surface area (TPSA) is 24.5 Å². The van der Waals surface area contributed by atoms with Crippen molar-refractivity contribution < 1.29 is 9.13 Å². The number of hydrogen-bond acceptors (Lipinski definition) is 3. The fourth-order valence-corrected chi connectivity index (χ4v) is 2.27. The Morgan fingerprint density at radius 3 is 2.89 bits per heavy atom. The van der Waals surface area contributed by atoms with Gasteiger partial charge in [0.1, 0.15) is 0 Å². The summed E-state index contributed by atoms with van der Waals surface area (Å²) in [7, 11) is 0. The summed E-state index contributed by atoms with van der Waals surface area (Å²) in [6.45, 7) is 8.35. The zero-order valence-corrected chi connectivity index (χ0v) is 12.3. The van der Waals surface area contributed by atoms with Crippen LogP contribution in [0.5, 0.6) is 5.75 Å². The van der Waals surface area contributed by atoms with Gasteiger partial charge in [0.15, 0.2) is 11.6 Å². The number of rotatable bonds is 4. The summed E-state index contributed by atoms with van der Waals surface area (Å²) in [4.78, 5) is 2.37. The number of nitrogens with one attached hydrogen (secondary N) is 1. The third-order valence-electron chi connectivity index (χ3n) is 3.32. The lowest BCUT2D eigenvalue weighted by Gasteiger charge is -2.33. The average Bonchev–Trinajstić information content (AvgIpc) is 2.36. The van der Waals surface area contributed by atoms with Crippen LogP contribution in [-0.4, -0.2) is 37.2 Å². The van der Waals surface area contributed by atoms with Gasteiger partial charge < -0.3 is 10.1 Å². The second-order valence-electron chi connectivity index (χ2n) is 4.72. The van der Waals surface area contributed by atoms with Gasteiger partial charge in [0, 0.05) is 32.2 Å². The lowest BCUT2D eigenvalue weighted by Crippen LogP contribution is -2.49. The van der Waals surface area contributed by atoms with Crippen molar-refractivity contribution >= 4 is 12.4 Å².